The van der Waals surface area contributed by atoms with E-state index in [9.17, 15) is 12.8 Å². The van der Waals surface area contributed by atoms with E-state index in [-0.39, 0.29) is 10.6 Å². The highest BCUT2D eigenvalue weighted by Crippen LogP contribution is 2.37. The molecule has 0 amide bonds. The van der Waals surface area contributed by atoms with E-state index in [1.165, 1.54) is 6.07 Å². The standard InChI is InChI=1S/C14H18FNO4S/c15-10-5-11(16)7-13(6-10)21(17,18)12-1-3-20-14(8-12)2-4-19-9-14/h5-7,12H,1-4,8-9,16H2. The van der Waals surface area contributed by atoms with Gasteiger partial charge in [0.2, 0.25) is 0 Å². The van der Waals surface area contributed by atoms with Gasteiger partial charge in [0.1, 0.15) is 5.82 Å². The van der Waals surface area contributed by atoms with Gasteiger partial charge in [-0.25, -0.2) is 12.8 Å². The van der Waals surface area contributed by atoms with Crippen LogP contribution in [0.5, 0.6) is 0 Å². The second-order valence-corrected chi connectivity index (χ2v) is 7.94. The van der Waals surface area contributed by atoms with Crippen molar-refractivity contribution in [2.24, 2.45) is 0 Å². The molecule has 1 spiro atoms. The molecule has 0 aromatic heterocycles. The molecule has 5 nitrogen and oxygen atoms in total. The summed E-state index contributed by atoms with van der Waals surface area (Å²) in [7, 11) is -3.63. The number of benzene rings is 1. The van der Waals surface area contributed by atoms with Crippen LogP contribution in [0.15, 0.2) is 23.1 Å². The summed E-state index contributed by atoms with van der Waals surface area (Å²) in [6.45, 7) is 1.38. The Bertz CT molecular complexity index is 620. The predicted molar refractivity (Wildman–Crippen MR) is 75.1 cm³/mol. The lowest BCUT2D eigenvalue weighted by Gasteiger charge is -2.36. The summed E-state index contributed by atoms with van der Waals surface area (Å²) in [5, 5.41) is -0.589. The van der Waals surface area contributed by atoms with E-state index in [1.807, 2.05) is 0 Å². The minimum atomic E-state index is -3.63. The normalized spacial score (nSPS) is 29.9. The van der Waals surface area contributed by atoms with Gasteiger partial charge < -0.3 is 15.2 Å². The van der Waals surface area contributed by atoms with Gasteiger partial charge in [0.25, 0.3) is 0 Å². The zero-order valence-electron chi connectivity index (χ0n) is 11.5. The summed E-state index contributed by atoms with van der Waals surface area (Å²) in [6.07, 6.45) is 1.48. The molecule has 2 atom stereocenters. The van der Waals surface area contributed by atoms with Gasteiger partial charge in [-0.1, -0.05) is 0 Å². The van der Waals surface area contributed by atoms with E-state index < -0.39 is 26.5 Å². The second-order valence-electron chi connectivity index (χ2n) is 5.71. The molecular formula is C14H18FNO4S. The number of sulfone groups is 1. The summed E-state index contributed by atoms with van der Waals surface area (Å²) in [5.74, 6) is -0.639. The quantitative estimate of drug-likeness (QED) is 0.837. The molecule has 1 aromatic rings. The molecule has 2 heterocycles. The van der Waals surface area contributed by atoms with E-state index in [4.69, 9.17) is 15.2 Å². The number of anilines is 1. The third-order valence-corrected chi connectivity index (χ3v) is 6.35. The molecule has 0 bridgehead atoms. The number of rotatable bonds is 2. The van der Waals surface area contributed by atoms with Crippen LogP contribution in [0, 0.1) is 5.82 Å². The Labute approximate surface area is 123 Å². The first-order valence-electron chi connectivity index (χ1n) is 6.93. The summed E-state index contributed by atoms with van der Waals surface area (Å²) >= 11 is 0. The molecule has 2 N–H and O–H groups in total. The highest BCUT2D eigenvalue weighted by molar-refractivity contribution is 7.92. The van der Waals surface area contributed by atoms with Crippen molar-refractivity contribution in [3.8, 4) is 0 Å². The lowest BCUT2D eigenvalue weighted by Crippen LogP contribution is -2.45. The summed E-state index contributed by atoms with van der Waals surface area (Å²) in [4.78, 5) is -0.0547. The van der Waals surface area contributed by atoms with Gasteiger partial charge in [-0.05, 0) is 31.0 Å². The molecule has 2 unspecified atom stereocenters. The van der Waals surface area contributed by atoms with Crippen molar-refractivity contribution in [2.45, 2.75) is 35.0 Å². The minimum absolute atomic E-state index is 0.0547. The second kappa shape index (κ2) is 5.23. The van der Waals surface area contributed by atoms with Crippen molar-refractivity contribution in [1.82, 2.24) is 0 Å². The topological polar surface area (TPSA) is 78.6 Å². The van der Waals surface area contributed by atoms with Crippen LogP contribution in [0.2, 0.25) is 0 Å². The molecule has 116 valence electrons. The first kappa shape index (κ1) is 14.7. The van der Waals surface area contributed by atoms with Crippen molar-refractivity contribution in [2.75, 3.05) is 25.6 Å². The van der Waals surface area contributed by atoms with Crippen LogP contribution < -0.4 is 5.73 Å². The van der Waals surface area contributed by atoms with Crippen LogP contribution in [-0.2, 0) is 19.3 Å². The summed E-state index contributed by atoms with van der Waals surface area (Å²) in [6, 6.07) is 3.44. The molecule has 7 heteroatoms. The Morgan fingerprint density at radius 3 is 2.76 bits per heavy atom. The molecule has 2 saturated heterocycles. The fourth-order valence-corrected chi connectivity index (χ4v) is 4.94. The average molecular weight is 315 g/mol. The maximum atomic E-state index is 13.4. The van der Waals surface area contributed by atoms with Crippen molar-refractivity contribution < 1.29 is 22.3 Å². The Balaban J connectivity index is 1.90. The minimum Gasteiger partial charge on any atom is -0.399 e. The third-order valence-electron chi connectivity index (χ3n) is 4.18. The maximum absolute atomic E-state index is 13.4. The van der Waals surface area contributed by atoms with Crippen LogP contribution in [0.1, 0.15) is 19.3 Å². The summed E-state index contributed by atoms with van der Waals surface area (Å²) < 4.78 is 49.9. The molecule has 0 radical (unpaired) electrons. The average Bonchev–Trinajstić information content (AvgIpc) is 2.85. The molecule has 21 heavy (non-hydrogen) atoms. The molecule has 0 saturated carbocycles. The Kier molecular flexibility index (Phi) is 3.67. The highest BCUT2D eigenvalue weighted by atomic mass is 32.2. The Morgan fingerprint density at radius 2 is 2.10 bits per heavy atom. The number of hydrogen-bond acceptors (Lipinski definition) is 5. The van der Waals surface area contributed by atoms with E-state index in [1.54, 1.807) is 0 Å². The van der Waals surface area contributed by atoms with Crippen LogP contribution in [0.25, 0.3) is 0 Å². The van der Waals surface area contributed by atoms with Gasteiger partial charge in [-0.3, -0.25) is 0 Å². The fourth-order valence-electron chi connectivity index (χ4n) is 3.05. The number of ether oxygens (including phenoxy) is 2. The number of nitrogen functional groups attached to an aromatic ring is 1. The molecule has 2 aliphatic heterocycles. The fraction of sp³-hybridized carbons (Fsp3) is 0.571. The van der Waals surface area contributed by atoms with Crippen LogP contribution in [-0.4, -0.2) is 39.1 Å². The number of halogens is 1. The van der Waals surface area contributed by atoms with E-state index in [0.29, 0.717) is 39.1 Å². The first-order chi connectivity index (χ1) is 9.91. The van der Waals surface area contributed by atoms with E-state index >= 15 is 0 Å². The lowest BCUT2D eigenvalue weighted by molar-refractivity contribution is -0.0778. The number of hydrogen-bond donors (Lipinski definition) is 1. The largest absolute Gasteiger partial charge is 0.399 e. The van der Waals surface area contributed by atoms with Crippen molar-refractivity contribution in [1.29, 1.82) is 0 Å². The van der Waals surface area contributed by atoms with E-state index in [2.05, 4.69) is 0 Å². The van der Waals surface area contributed by atoms with Crippen LogP contribution in [0.4, 0.5) is 10.1 Å². The third kappa shape index (κ3) is 2.77. The molecule has 3 rings (SSSR count). The number of nitrogens with two attached hydrogens (primary N) is 1. The van der Waals surface area contributed by atoms with Crippen molar-refractivity contribution >= 4 is 15.5 Å². The zero-order valence-corrected chi connectivity index (χ0v) is 12.4. The Morgan fingerprint density at radius 1 is 1.29 bits per heavy atom. The summed E-state index contributed by atoms with van der Waals surface area (Å²) in [5.41, 5.74) is 5.16. The smallest absolute Gasteiger partial charge is 0.181 e. The van der Waals surface area contributed by atoms with Gasteiger partial charge in [-0.15, -0.1) is 0 Å². The first-order valence-corrected chi connectivity index (χ1v) is 8.48. The molecule has 0 aliphatic carbocycles. The zero-order chi connectivity index (χ0) is 15.1. The van der Waals surface area contributed by atoms with Crippen molar-refractivity contribution in [3.63, 3.8) is 0 Å². The van der Waals surface area contributed by atoms with Crippen LogP contribution in [0.3, 0.4) is 0 Å². The molecule has 2 fully saturated rings. The monoisotopic (exact) mass is 315 g/mol. The van der Waals surface area contributed by atoms with Gasteiger partial charge in [0, 0.05) is 25.3 Å². The molecule has 1 aromatic carbocycles. The van der Waals surface area contributed by atoms with Gasteiger partial charge >= 0.3 is 0 Å². The van der Waals surface area contributed by atoms with Gasteiger partial charge in [0.05, 0.1) is 22.4 Å². The maximum Gasteiger partial charge on any atom is 0.181 e. The van der Waals surface area contributed by atoms with Gasteiger partial charge in [0.15, 0.2) is 9.84 Å². The van der Waals surface area contributed by atoms with Crippen LogP contribution >= 0.6 is 0 Å². The van der Waals surface area contributed by atoms with Crippen molar-refractivity contribution in [3.05, 3.63) is 24.0 Å². The molecule has 2 aliphatic rings. The SMILES string of the molecule is Nc1cc(F)cc(S(=O)(=O)C2CCOC3(CCOC3)C2)c1. The van der Waals surface area contributed by atoms with Gasteiger partial charge in [-0.2, -0.15) is 0 Å². The predicted octanol–water partition coefficient (Wildman–Crippen LogP) is 1.52. The Hall–Kier alpha value is -1.18. The molecular weight excluding hydrogens is 297 g/mol. The highest BCUT2D eigenvalue weighted by Gasteiger charge is 2.45. The van der Waals surface area contributed by atoms with E-state index in [0.717, 1.165) is 12.1 Å². The lowest BCUT2D eigenvalue weighted by atomic mass is 9.93.